The molecule has 0 amide bonds. The smallest absolute Gasteiger partial charge is 0.137 e. The Kier molecular flexibility index (Phi) is 3.68. The molecule has 1 aromatic carbocycles. The van der Waals surface area contributed by atoms with Crippen LogP contribution in [-0.4, -0.2) is 30.1 Å². The number of benzene rings is 1. The Morgan fingerprint density at radius 3 is 3.06 bits per heavy atom. The van der Waals surface area contributed by atoms with Gasteiger partial charge in [0, 0.05) is 25.2 Å². The summed E-state index contributed by atoms with van der Waals surface area (Å²) in [7, 11) is 0. The van der Waals surface area contributed by atoms with E-state index in [0.717, 1.165) is 12.1 Å². The minimum absolute atomic E-state index is 0.178. The van der Waals surface area contributed by atoms with Gasteiger partial charge in [-0.15, -0.1) is 0 Å². The van der Waals surface area contributed by atoms with Gasteiger partial charge >= 0.3 is 0 Å². The summed E-state index contributed by atoms with van der Waals surface area (Å²) >= 11 is 3.18. The van der Waals surface area contributed by atoms with Gasteiger partial charge in [-0.05, 0) is 59.4 Å². The molecule has 3 rings (SSSR count). The number of fused-ring (bicyclic) bond motifs is 1. The normalized spacial score (nSPS) is 27.7. The number of nitrogens with zero attached hydrogens (tertiary/aromatic N) is 1. The van der Waals surface area contributed by atoms with Crippen molar-refractivity contribution >= 4 is 15.9 Å². The lowest BCUT2D eigenvalue weighted by molar-refractivity contribution is 0.298. The molecule has 0 saturated carbocycles. The third-order valence-corrected chi connectivity index (χ3v) is 4.80. The lowest BCUT2D eigenvalue weighted by Gasteiger charge is -2.21. The Labute approximate surface area is 116 Å². The summed E-state index contributed by atoms with van der Waals surface area (Å²) in [4.78, 5) is 2.58. The highest BCUT2D eigenvalue weighted by Gasteiger charge is 2.36. The van der Waals surface area contributed by atoms with E-state index >= 15 is 0 Å². The van der Waals surface area contributed by atoms with Crippen LogP contribution in [-0.2, 0) is 6.54 Å². The van der Waals surface area contributed by atoms with Gasteiger partial charge in [-0.3, -0.25) is 4.90 Å². The van der Waals surface area contributed by atoms with Gasteiger partial charge in [0.25, 0.3) is 0 Å². The summed E-state index contributed by atoms with van der Waals surface area (Å²) < 4.78 is 13.9. The standard InChI is InChI=1S/C14H18BrFN2/c15-11-4-3-10(8-12(11)16)9-17-13-5-7-18-6-1-2-14(13)18/h3-4,8,13-14,17H,1-2,5-7,9H2. The Morgan fingerprint density at radius 2 is 2.22 bits per heavy atom. The van der Waals surface area contributed by atoms with Gasteiger partial charge in [0.05, 0.1) is 4.47 Å². The predicted molar refractivity (Wildman–Crippen MR) is 73.9 cm³/mol. The summed E-state index contributed by atoms with van der Waals surface area (Å²) in [5, 5.41) is 3.59. The monoisotopic (exact) mass is 312 g/mol. The number of halogens is 2. The van der Waals surface area contributed by atoms with Crippen LogP contribution in [0.4, 0.5) is 4.39 Å². The number of hydrogen-bond acceptors (Lipinski definition) is 2. The van der Waals surface area contributed by atoms with Crippen LogP contribution in [0, 0.1) is 5.82 Å². The zero-order chi connectivity index (χ0) is 12.5. The maximum atomic E-state index is 13.4. The molecule has 2 atom stereocenters. The second-order valence-corrected chi connectivity index (χ2v) is 6.12. The largest absolute Gasteiger partial charge is 0.308 e. The van der Waals surface area contributed by atoms with Crippen molar-refractivity contribution in [3.8, 4) is 0 Å². The van der Waals surface area contributed by atoms with E-state index in [1.54, 1.807) is 12.1 Å². The van der Waals surface area contributed by atoms with Gasteiger partial charge in [-0.2, -0.15) is 0 Å². The molecule has 2 nitrogen and oxygen atoms in total. The summed E-state index contributed by atoms with van der Waals surface area (Å²) in [6, 6.07) is 6.66. The fourth-order valence-corrected chi connectivity index (χ4v) is 3.47. The molecular weight excluding hydrogens is 295 g/mol. The third-order valence-electron chi connectivity index (χ3n) is 4.16. The van der Waals surface area contributed by atoms with E-state index in [0.29, 0.717) is 16.6 Å². The van der Waals surface area contributed by atoms with E-state index in [-0.39, 0.29) is 5.82 Å². The highest BCUT2D eigenvalue weighted by atomic mass is 79.9. The molecule has 1 N–H and O–H groups in total. The zero-order valence-electron chi connectivity index (χ0n) is 10.3. The van der Waals surface area contributed by atoms with Crippen LogP contribution >= 0.6 is 15.9 Å². The highest BCUT2D eigenvalue weighted by Crippen LogP contribution is 2.28. The first-order valence-electron chi connectivity index (χ1n) is 6.65. The summed E-state index contributed by atoms with van der Waals surface area (Å²) in [6.07, 6.45) is 3.87. The highest BCUT2D eigenvalue weighted by molar-refractivity contribution is 9.10. The zero-order valence-corrected chi connectivity index (χ0v) is 11.9. The van der Waals surface area contributed by atoms with Crippen molar-refractivity contribution in [3.63, 3.8) is 0 Å². The quantitative estimate of drug-likeness (QED) is 0.923. The Balaban J connectivity index is 1.59. The van der Waals surface area contributed by atoms with Crippen LogP contribution < -0.4 is 5.32 Å². The molecule has 0 radical (unpaired) electrons. The minimum atomic E-state index is -0.178. The molecule has 0 spiro atoms. The van der Waals surface area contributed by atoms with Crippen molar-refractivity contribution in [2.45, 2.75) is 37.9 Å². The fraction of sp³-hybridized carbons (Fsp3) is 0.571. The Bertz CT molecular complexity index is 438. The molecule has 2 heterocycles. The molecular formula is C14H18BrFN2. The van der Waals surface area contributed by atoms with Crippen LogP contribution in [0.15, 0.2) is 22.7 Å². The predicted octanol–water partition coefficient (Wildman–Crippen LogP) is 2.91. The van der Waals surface area contributed by atoms with E-state index in [4.69, 9.17) is 0 Å². The van der Waals surface area contributed by atoms with Crippen molar-refractivity contribution < 1.29 is 4.39 Å². The molecule has 2 saturated heterocycles. The van der Waals surface area contributed by atoms with Crippen LogP contribution in [0.2, 0.25) is 0 Å². The van der Waals surface area contributed by atoms with Crippen LogP contribution in [0.25, 0.3) is 0 Å². The van der Waals surface area contributed by atoms with Gasteiger partial charge in [0.15, 0.2) is 0 Å². The molecule has 0 aromatic heterocycles. The van der Waals surface area contributed by atoms with E-state index in [1.165, 1.54) is 32.4 Å². The van der Waals surface area contributed by atoms with E-state index in [1.807, 2.05) is 6.07 Å². The lowest BCUT2D eigenvalue weighted by Crippen LogP contribution is -2.38. The Morgan fingerprint density at radius 1 is 1.33 bits per heavy atom. The van der Waals surface area contributed by atoms with Crippen molar-refractivity contribution in [3.05, 3.63) is 34.1 Å². The second kappa shape index (κ2) is 5.27. The third kappa shape index (κ3) is 2.46. The maximum absolute atomic E-state index is 13.4. The van der Waals surface area contributed by atoms with Crippen LogP contribution in [0.3, 0.4) is 0 Å². The van der Waals surface area contributed by atoms with Crippen LogP contribution in [0.1, 0.15) is 24.8 Å². The average molecular weight is 313 g/mol. The van der Waals surface area contributed by atoms with Crippen molar-refractivity contribution in [1.82, 2.24) is 10.2 Å². The first kappa shape index (κ1) is 12.6. The summed E-state index contributed by atoms with van der Waals surface area (Å²) in [5.41, 5.74) is 1.02. The summed E-state index contributed by atoms with van der Waals surface area (Å²) in [5.74, 6) is -0.178. The SMILES string of the molecule is Fc1cc(CNC2CCN3CCCC23)ccc1Br. The van der Waals surface area contributed by atoms with Gasteiger partial charge in [-0.25, -0.2) is 4.39 Å². The van der Waals surface area contributed by atoms with Crippen LogP contribution in [0.5, 0.6) is 0 Å². The maximum Gasteiger partial charge on any atom is 0.137 e. The molecule has 4 heteroatoms. The van der Waals surface area contributed by atoms with Gasteiger partial charge < -0.3 is 5.32 Å². The fourth-order valence-electron chi connectivity index (χ4n) is 3.22. The number of hydrogen-bond donors (Lipinski definition) is 1. The van der Waals surface area contributed by atoms with Crippen molar-refractivity contribution in [2.75, 3.05) is 13.1 Å². The molecule has 2 aliphatic heterocycles. The molecule has 18 heavy (non-hydrogen) atoms. The van der Waals surface area contributed by atoms with Gasteiger partial charge in [0.1, 0.15) is 5.82 Å². The molecule has 1 aromatic rings. The molecule has 2 fully saturated rings. The van der Waals surface area contributed by atoms with Gasteiger partial charge in [0.2, 0.25) is 0 Å². The van der Waals surface area contributed by atoms with E-state index in [2.05, 4.69) is 26.1 Å². The first-order chi connectivity index (χ1) is 8.74. The van der Waals surface area contributed by atoms with Crippen molar-refractivity contribution in [1.29, 1.82) is 0 Å². The lowest BCUT2D eigenvalue weighted by atomic mass is 10.1. The topological polar surface area (TPSA) is 15.3 Å². The molecule has 98 valence electrons. The Hall–Kier alpha value is -0.450. The average Bonchev–Trinajstić information content (AvgIpc) is 2.94. The first-order valence-corrected chi connectivity index (χ1v) is 7.45. The molecule has 2 aliphatic rings. The van der Waals surface area contributed by atoms with E-state index < -0.39 is 0 Å². The van der Waals surface area contributed by atoms with Crippen molar-refractivity contribution in [2.24, 2.45) is 0 Å². The molecule has 0 bridgehead atoms. The number of rotatable bonds is 3. The van der Waals surface area contributed by atoms with E-state index in [9.17, 15) is 4.39 Å². The van der Waals surface area contributed by atoms with Gasteiger partial charge in [-0.1, -0.05) is 6.07 Å². The second-order valence-electron chi connectivity index (χ2n) is 5.27. The summed E-state index contributed by atoms with van der Waals surface area (Å²) in [6.45, 7) is 3.24. The minimum Gasteiger partial charge on any atom is -0.308 e. The number of nitrogens with one attached hydrogen (secondary N) is 1. The molecule has 0 aliphatic carbocycles. The molecule has 2 unspecified atom stereocenters.